The Labute approximate surface area is 86.0 Å². The highest BCUT2D eigenvalue weighted by atomic mass is 16.2. The molecular formula is C11H20N2O. The summed E-state index contributed by atoms with van der Waals surface area (Å²) in [4.78, 5) is 13.8. The van der Waals surface area contributed by atoms with Crippen molar-refractivity contribution < 1.29 is 4.79 Å². The summed E-state index contributed by atoms with van der Waals surface area (Å²) in [6, 6.07) is 0.0563. The van der Waals surface area contributed by atoms with Crippen LogP contribution in [-0.2, 0) is 4.79 Å². The maximum Gasteiger partial charge on any atom is 0.240 e. The maximum atomic E-state index is 11.9. The number of nitrogens with two attached hydrogens (primary N) is 1. The molecule has 0 radical (unpaired) electrons. The predicted molar refractivity (Wildman–Crippen MR) is 57.7 cm³/mol. The lowest BCUT2D eigenvalue weighted by Crippen LogP contribution is -2.47. The first-order chi connectivity index (χ1) is 6.57. The molecule has 1 rings (SSSR count). The highest BCUT2D eigenvalue weighted by Crippen LogP contribution is 2.27. The van der Waals surface area contributed by atoms with Crippen LogP contribution in [0.4, 0.5) is 0 Å². The van der Waals surface area contributed by atoms with Crippen LogP contribution in [-0.4, -0.2) is 29.4 Å². The summed E-state index contributed by atoms with van der Waals surface area (Å²) in [6.07, 6.45) is 4.00. The van der Waals surface area contributed by atoms with Gasteiger partial charge in [-0.3, -0.25) is 4.79 Å². The maximum absolute atomic E-state index is 11.9. The highest BCUT2D eigenvalue weighted by molar-refractivity contribution is 5.82. The van der Waals surface area contributed by atoms with Gasteiger partial charge in [0.25, 0.3) is 0 Å². The molecule has 1 fully saturated rings. The molecule has 0 aromatic carbocycles. The Kier molecular flexibility index (Phi) is 3.69. The van der Waals surface area contributed by atoms with Crippen LogP contribution in [0.5, 0.6) is 0 Å². The first-order valence-corrected chi connectivity index (χ1v) is 5.25. The number of carbonyl (C=O) groups is 1. The molecule has 14 heavy (non-hydrogen) atoms. The zero-order chi connectivity index (χ0) is 10.7. The summed E-state index contributed by atoms with van der Waals surface area (Å²) in [5.41, 5.74) is 5.83. The number of rotatable bonds is 5. The Morgan fingerprint density at radius 3 is 2.57 bits per heavy atom. The van der Waals surface area contributed by atoms with Gasteiger partial charge in [0, 0.05) is 12.6 Å². The Morgan fingerprint density at radius 1 is 1.64 bits per heavy atom. The van der Waals surface area contributed by atoms with Crippen LogP contribution in [0, 0.1) is 5.92 Å². The van der Waals surface area contributed by atoms with E-state index >= 15 is 0 Å². The molecule has 2 N–H and O–H groups in total. The van der Waals surface area contributed by atoms with E-state index in [4.69, 9.17) is 5.73 Å². The van der Waals surface area contributed by atoms with Crippen molar-refractivity contribution in [1.82, 2.24) is 4.90 Å². The van der Waals surface area contributed by atoms with Crippen molar-refractivity contribution >= 4 is 5.91 Å². The number of carbonyl (C=O) groups excluding carboxylic acids is 1. The SMILES string of the molecule is C=CCN(C(=O)[C@@H](N)C(C)C)C1CC1. The van der Waals surface area contributed by atoms with E-state index in [0.717, 1.165) is 12.8 Å². The zero-order valence-electron chi connectivity index (χ0n) is 9.07. The molecule has 0 heterocycles. The molecule has 1 saturated carbocycles. The average molecular weight is 196 g/mol. The molecular weight excluding hydrogens is 176 g/mol. The van der Waals surface area contributed by atoms with E-state index in [-0.39, 0.29) is 17.9 Å². The lowest BCUT2D eigenvalue weighted by atomic mass is 10.0. The fourth-order valence-electron chi connectivity index (χ4n) is 1.42. The second-order valence-corrected chi connectivity index (χ2v) is 4.28. The first-order valence-electron chi connectivity index (χ1n) is 5.25. The van der Waals surface area contributed by atoms with Gasteiger partial charge in [0.1, 0.15) is 0 Å². The third-order valence-electron chi connectivity index (χ3n) is 2.60. The summed E-state index contributed by atoms with van der Waals surface area (Å²) in [5.74, 6) is 0.274. The van der Waals surface area contributed by atoms with Crippen molar-refractivity contribution in [2.75, 3.05) is 6.54 Å². The molecule has 1 aliphatic rings. The second-order valence-electron chi connectivity index (χ2n) is 4.28. The molecule has 3 heteroatoms. The minimum absolute atomic E-state index is 0.0717. The van der Waals surface area contributed by atoms with Crippen molar-refractivity contribution in [1.29, 1.82) is 0 Å². The molecule has 0 aromatic heterocycles. The molecule has 1 aliphatic carbocycles. The summed E-state index contributed by atoms with van der Waals surface area (Å²) >= 11 is 0. The molecule has 0 saturated heterocycles. The molecule has 3 nitrogen and oxygen atoms in total. The molecule has 0 aromatic rings. The number of hydrogen-bond donors (Lipinski definition) is 1. The van der Waals surface area contributed by atoms with Gasteiger partial charge in [-0.05, 0) is 18.8 Å². The van der Waals surface area contributed by atoms with Crippen molar-refractivity contribution in [3.8, 4) is 0 Å². The van der Waals surface area contributed by atoms with Gasteiger partial charge >= 0.3 is 0 Å². The lowest BCUT2D eigenvalue weighted by molar-refractivity contribution is -0.133. The van der Waals surface area contributed by atoms with Crippen LogP contribution < -0.4 is 5.73 Å². The summed E-state index contributed by atoms with van der Waals surface area (Å²) < 4.78 is 0. The standard InChI is InChI=1S/C11H20N2O/c1-4-7-13(9-5-6-9)11(14)10(12)8(2)3/h4,8-10H,1,5-7,12H2,2-3H3/t10-/m0/s1. The van der Waals surface area contributed by atoms with Crippen LogP contribution >= 0.6 is 0 Å². The third-order valence-corrected chi connectivity index (χ3v) is 2.60. The number of hydrogen-bond acceptors (Lipinski definition) is 2. The molecule has 0 unspecified atom stereocenters. The molecule has 80 valence electrons. The Bertz CT molecular complexity index is 221. The minimum Gasteiger partial charge on any atom is -0.335 e. The van der Waals surface area contributed by atoms with E-state index in [1.54, 1.807) is 6.08 Å². The van der Waals surface area contributed by atoms with Crippen molar-refractivity contribution in [3.63, 3.8) is 0 Å². The van der Waals surface area contributed by atoms with E-state index in [1.165, 1.54) is 0 Å². The third kappa shape index (κ3) is 2.58. The summed E-state index contributed by atoms with van der Waals surface area (Å²) in [6.45, 7) is 8.24. The average Bonchev–Trinajstić information content (AvgIpc) is 2.95. The lowest BCUT2D eigenvalue weighted by Gasteiger charge is -2.26. The van der Waals surface area contributed by atoms with E-state index in [0.29, 0.717) is 12.6 Å². The minimum atomic E-state index is -0.365. The fraction of sp³-hybridized carbons (Fsp3) is 0.727. The van der Waals surface area contributed by atoms with E-state index in [9.17, 15) is 4.79 Å². The monoisotopic (exact) mass is 196 g/mol. The number of nitrogens with zero attached hydrogens (tertiary/aromatic N) is 1. The summed E-state index contributed by atoms with van der Waals surface area (Å²) in [5, 5.41) is 0. The molecule has 1 atom stereocenters. The molecule has 1 amide bonds. The van der Waals surface area contributed by atoms with Crippen LogP contribution in [0.3, 0.4) is 0 Å². The Balaban J connectivity index is 2.57. The second kappa shape index (κ2) is 4.60. The van der Waals surface area contributed by atoms with Gasteiger partial charge in [-0.1, -0.05) is 19.9 Å². The van der Waals surface area contributed by atoms with Gasteiger partial charge in [0.2, 0.25) is 5.91 Å². The highest BCUT2D eigenvalue weighted by Gasteiger charge is 2.34. The molecule has 0 aliphatic heterocycles. The topological polar surface area (TPSA) is 46.3 Å². The van der Waals surface area contributed by atoms with Gasteiger partial charge in [0.15, 0.2) is 0 Å². The molecule has 0 bridgehead atoms. The van der Waals surface area contributed by atoms with Gasteiger partial charge in [0.05, 0.1) is 6.04 Å². The van der Waals surface area contributed by atoms with Gasteiger partial charge in [-0.2, -0.15) is 0 Å². The Morgan fingerprint density at radius 2 is 2.21 bits per heavy atom. The Hall–Kier alpha value is -0.830. The van der Waals surface area contributed by atoms with Crippen LogP contribution in [0.2, 0.25) is 0 Å². The van der Waals surface area contributed by atoms with Gasteiger partial charge < -0.3 is 10.6 Å². The quantitative estimate of drug-likeness (QED) is 0.670. The molecule has 0 spiro atoms. The largest absolute Gasteiger partial charge is 0.335 e. The van der Waals surface area contributed by atoms with Crippen molar-refractivity contribution in [3.05, 3.63) is 12.7 Å². The van der Waals surface area contributed by atoms with Crippen LogP contribution in [0.1, 0.15) is 26.7 Å². The van der Waals surface area contributed by atoms with Gasteiger partial charge in [-0.15, -0.1) is 6.58 Å². The first kappa shape index (κ1) is 11.2. The smallest absolute Gasteiger partial charge is 0.240 e. The normalized spacial score (nSPS) is 18.0. The number of amides is 1. The van der Waals surface area contributed by atoms with E-state index in [1.807, 2.05) is 18.7 Å². The zero-order valence-corrected chi connectivity index (χ0v) is 9.07. The van der Waals surface area contributed by atoms with E-state index in [2.05, 4.69) is 6.58 Å². The predicted octanol–water partition coefficient (Wildman–Crippen LogP) is 1.15. The van der Waals surface area contributed by atoms with Gasteiger partial charge in [-0.25, -0.2) is 0 Å². The van der Waals surface area contributed by atoms with Crippen LogP contribution in [0.25, 0.3) is 0 Å². The summed E-state index contributed by atoms with van der Waals surface area (Å²) in [7, 11) is 0. The fourth-order valence-corrected chi connectivity index (χ4v) is 1.42. The van der Waals surface area contributed by atoms with E-state index < -0.39 is 0 Å². The van der Waals surface area contributed by atoms with Crippen molar-refractivity contribution in [2.24, 2.45) is 11.7 Å². The van der Waals surface area contributed by atoms with Crippen LogP contribution in [0.15, 0.2) is 12.7 Å². The van der Waals surface area contributed by atoms with Crippen molar-refractivity contribution in [2.45, 2.75) is 38.8 Å².